The highest BCUT2D eigenvalue weighted by Crippen LogP contribution is 2.20. The van der Waals surface area contributed by atoms with Crippen LogP contribution in [0.15, 0.2) is 18.2 Å². The molecule has 3 heteroatoms. The molecule has 0 bridgehead atoms. The monoisotopic (exact) mass is 267 g/mol. The number of nitrogens with two attached hydrogens (primary N) is 1. The van der Waals surface area contributed by atoms with Crippen molar-refractivity contribution in [3.8, 4) is 11.8 Å². The van der Waals surface area contributed by atoms with Gasteiger partial charge in [0.05, 0.1) is 0 Å². The fraction of sp³-hybridized carbons (Fsp3) is 0.467. The molecule has 0 aliphatic rings. The number of rotatable bonds is 3. The van der Waals surface area contributed by atoms with E-state index in [2.05, 4.69) is 11.8 Å². The highest BCUT2D eigenvalue weighted by molar-refractivity contribution is 6.31. The minimum atomic E-state index is -0.304. The van der Waals surface area contributed by atoms with E-state index in [1.807, 2.05) is 20.8 Å². The zero-order valence-corrected chi connectivity index (χ0v) is 11.8. The zero-order chi connectivity index (χ0) is 13.8. The van der Waals surface area contributed by atoms with Crippen molar-refractivity contribution in [2.45, 2.75) is 39.7 Å². The van der Waals surface area contributed by atoms with Crippen molar-refractivity contribution >= 4 is 11.6 Å². The van der Waals surface area contributed by atoms with Crippen LogP contribution in [0.25, 0.3) is 0 Å². The van der Waals surface area contributed by atoms with Crippen molar-refractivity contribution in [1.29, 1.82) is 0 Å². The summed E-state index contributed by atoms with van der Waals surface area (Å²) in [4.78, 5) is 0. The highest BCUT2D eigenvalue weighted by Gasteiger charge is 2.11. The Labute approximate surface area is 114 Å². The molecule has 0 heterocycles. The average molecular weight is 268 g/mol. The van der Waals surface area contributed by atoms with E-state index in [-0.39, 0.29) is 17.3 Å². The summed E-state index contributed by atoms with van der Waals surface area (Å²) in [5.74, 6) is 5.85. The molecule has 0 aliphatic carbocycles. The summed E-state index contributed by atoms with van der Waals surface area (Å²) >= 11 is 5.95. The zero-order valence-electron chi connectivity index (χ0n) is 11.1. The molecular weight excluding hydrogens is 249 g/mol. The predicted molar refractivity (Wildman–Crippen MR) is 74.9 cm³/mol. The maximum atomic E-state index is 13.5. The summed E-state index contributed by atoms with van der Waals surface area (Å²) in [7, 11) is 0. The van der Waals surface area contributed by atoms with Gasteiger partial charge in [-0.25, -0.2) is 4.39 Å². The lowest BCUT2D eigenvalue weighted by Crippen LogP contribution is -2.23. The highest BCUT2D eigenvalue weighted by atomic mass is 35.5. The Morgan fingerprint density at radius 1 is 1.39 bits per heavy atom. The molecule has 1 unspecified atom stereocenters. The van der Waals surface area contributed by atoms with Crippen LogP contribution in [0.2, 0.25) is 5.02 Å². The van der Waals surface area contributed by atoms with E-state index in [1.165, 1.54) is 6.07 Å². The number of benzene rings is 1. The molecule has 0 fully saturated rings. The predicted octanol–water partition coefficient (Wildman–Crippen LogP) is 3.79. The molecule has 0 radical (unpaired) electrons. The summed E-state index contributed by atoms with van der Waals surface area (Å²) in [6.45, 7) is 6.12. The van der Waals surface area contributed by atoms with Gasteiger partial charge in [-0.1, -0.05) is 23.6 Å². The quantitative estimate of drug-likeness (QED) is 0.829. The van der Waals surface area contributed by atoms with Gasteiger partial charge < -0.3 is 5.73 Å². The van der Waals surface area contributed by atoms with Gasteiger partial charge in [-0.15, -0.1) is 5.92 Å². The van der Waals surface area contributed by atoms with E-state index in [1.54, 1.807) is 12.1 Å². The first-order valence-electron chi connectivity index (χ1n) is 5.98. The fourth-order valence-electron chi connectivity index (χ4n) is 1.51. The van der Waals surface area contributed by atoms with E-state index in [0.717, 1.165) is 0 Å². The molecule has 1 rings (SSSR count). The van der Waals surface area contributed by atoms with Crippen molar-refractivity contribution in [3.05, 3.63) is 34.6 Å². The van der Waals surface area contributed by atoms with Gasteiger partial charge in [0.25, 0.3) is 0 Å². The smallest absolute Gasteiger partial charge is 0.127 e. The Balaban J connectivity index is 2.65. The molecule has 1 atom stereocenters. The minimum absolute atomic E-state index is 0.0324. The van der Waals surface area contributed by atoms with Crippen LogP contribution in [-0.2, 0) is 6.42 Å². The van der Waals surface area contributed by atoms with Crippen LogP contribution in [0.1, 0.15) is 32.8 Å². The normalized spacial score (nSPS) is 12.8. The Hall–Kier alpha value is -1.04. The third-order valence-corrected chi connectivity index (χ3v) is 2.71. The van der Waals surface area contributed by atoms with E-state index < -0.39 is 0 Å². The lowest BCUT2D eigenvalue weighted by atomic mass is 9.97. The van der Waals surface area contributed by atoms with Crippen LogP contribution in [-0.4, -0.2) is 6.04 Å². The molecule has 0 amide bonds. The summed E-state index contributed by atoms with van der Waals surface area (Å²) in [6.07, 6.45) is 0.951. The average Bonchev–Trinajstić information content (AvgIpc) is 2.22. The molecule has 1 aromatic carbocycles. The molecule has 0 spiro atoms. The topological polar surface area (TPSA) is 26.0 Å². The molecule has 0 saturated carbocycles. The molecule has 1 nitrogen and oxygen atoms in total. The lowest BCUT2D eigenvalue weighted by molar-refractivity contribution is 0.567. The summed E-state index contributed by atoms with van der Waals surface area (Å²) in [5.41, 5.74) is 6.39. The first kappa shape index (κ1) is 15.0. The number of hydrogen-bond donors (Lipinski definition) is 1. The minimum Gasteiger partial charge on any atom is -0.327 e. The van der Waals surface area contributed by atoms with E-state index >= 15 is 0 Å². The van der Waals surface area contributed by atoms with Gasteiger partial charge in [0, 0.05) is 28.5 Å². The SMILES string of the molecule is CC(C)(C)C#CCC(N)Cc1c(F)cccc1Cl. The number of halogens is 2. The summed E-state index contributed by atoms with van der Waals surface area (Å²) in [5, 5.41) is 0.425. The second kappa shape index (κ2) is 6.22. The Bertz CT molecular complexity index is 445. The molecule has 0 aromatic heterocycles. The fourth-order valence-corrected chi connectivity index (χ4v) is 1.75. The Kier molecular flexibility index (Phi) is 5.19. The van der Waals surface area contributed by atoms with Gasteiger partial charge in [0.2, 0.25) is 0 Å². The molecule has 18 heavy (non-hydrogen) atoms. The Morgan fingerprint density at radius 3 is 2.61 bits per heavy atom. The van der Waals surface area contributed by atoms with Crippen molar-refractivity contribution in [3.63, 3.8) is 0 Å². The van der Waals surface area contributed by atoms with Crippen LogP contribution in [0.5, 0.6) is 0 Å². The first-order valence-corrected chi connectivity index (χ1v) is 6.36. The maximum absolute atomic E-state index is 13.5. The molecule has 0 aliphatic heterocycles. The maximum Gasteiger partial charge on any atom is 0.127 e. The summed E-state index contributed by atoms with van der Waals surface area (Å²) in [6, 6.07) is 4.46. The van der Waals surface area contributed by atoms with Crippen LogP contribution < -0.4 is 5.73 Å². The summed E-state index contributed by atoms with van der Waals surface area (Å²) < 4.78 is 13.5. The van der Waals surface area contributed by atoms with Gasteiger partial charge in [-0.05, 0) is 39.3 Å². The van der Waals surface area contributed by atoms with Crippen molar-refractivity contribution in [2.75, 3.05) is 0 Å². The van der Waals surface area contributed by atoms with Gasteiger partial charge in [0.1, 0.15) is 5.82 Å². The molecular formula is C15H19ClFN. The van der Waals surface area contributed by atoms with Crippen LogP contribution in [0.3, 0.4) is 0 Å². The Morgan fingerprint density at radius 2 is 2.06 bits per heavy atom. The molecule has 98 valence electrons. The second-order valence-corrected chi connectivity index (χ2v) is 5.83. The third-order valence-electron chi connectivity index (χ3n) is 2.36. The van der Waals surface area contributed by atoms with Gasteiger partial charge in [-0.3, -0.25) is 0 Å². The standard InChI is InChI=1S/C15H19ClFN/c1-15(2,3)9-5-6-11(18)10-12-13(16)7-4-8-14(12)17/h4,7-8,11H,6,10,18H2,1-3H3. The molecule has 0 saturated heterocycles. The van der Waals surface area contributed by atoms with Crippen molar-refractivity contribution in [1.82, 2.24) is 0 Å². The molecule has 2 N–H and O–H groups in total. The van der Waals surface area contributed by atoms with Crippen LogP contribution >= 0.6 is 11.6 Å². The van der Waals surface area contributed by atoms with Crippen LogP contribution in [0, 0.1) is 23.1 Å². The van der Waals surface area contributed by atoms with Gasteiger partial charge in [0.15, 0.2) is 0 Å². The largest absolute Gasteiger partial charge is 0.327 e. The lowest BCUT2D eigenvalue weighted by Gasteiger charge is -2.11. The second-order valence-electron chi connectivity index (χ2n) is 5.42. The third kappa shape index (κ3) is 5.08. The number of hydrogen-bond acceptors (Lipinski definition) is 1. The molecule has 1 aromatic rings. The van der Waals surface area contributed by atoms with Gasteiger partial charge in [-0.2, -0.15) is 0 Å². The van der Waals surface area contributed by atoms with Crippen LogP contribution in [0.4, 0.5) is 4.39 Å². The van der Waals surface area contributed by atoms with E-state index in [0.29, 0.717) is 23.4 Å². The first-order chi connectivity index (χ1) is 8.29. The van der Waals surface area contributed by atoms with E-state index in [9.17, 15) is 4.39 Å². The van der Waals surface area contributed by atoms with Gasteiger partial charge >= 0.3 is 0 Å². The van der Waals surface area contributed by atoms with Crippen molar-refractivity contribution in [2.24, 2.45) is 11.1 Å². The van der Waals surface area contributed by atoms with Crippen molar-refractivity contribution < 1.29 is 4.39 Å². The van der Waals surface area contributed by atoms with E-state index in [4.69, 9.17) is 17.3 Å².